The highest BCUT2D eigenvalue weighted by atomic mass is 32.1. The summed E-state index contributed by atoms with van der Waals surface area (Å²) < 4.78 is 5.48. The maximum atomic E-state index is 12.2. The van der Waals surface area contributed by atoms with Crippen molar-refractivity contribution in [1.29, 1.82) is 0 Å². The third kappa shape index (κ3) is 3.75. The highest BCUT2D eigenvalue weighted by molar-refractivity contribution is 7.80. The molecule has 2 rings (SSSR count). The zero-order chi connectivity index (χ0) is 14.5. The number of para-hydroxylation sites is 1. The third-order valence-corrected chi connectivity index (χ3v) is 3.65. The number of hydrogen-bond donors (Lipinski definition) is 2. The molecule has 0 spiro atoms. The Bertz CT molecular complexity index is 481. The highest BCUT2D eigenvalue weighted by Gasteiger charge is 2.29. The molecule has 1 aliphatic heterocycles. The lowest BCUT2D eigenvalue weighted by molar-refractivity contribution is -0.122. The second-order valence-corrected chi connectivity index (χ2v) is 5.26. The van der Waals surface area contributed by atoms with Crippen molar-refractivity contribution in [2.75, 3.05) is 25.0 Å². The number of nitrogens with two attached hydrogens (primary N) is 1. The van der Waals surface area contributed by atoms with Crippen LogP contribution in [0, 0.1) is 0 Å². The molecular formula is C14H19N3O2S. The summed E-state index contributed by atoms with van der Waals surface area (Å²) >= 11 is 4.95. The number of thiocarbonyl (C=S) groups is 1. The molecule has 0 saturated carbocycles. The van der Waals surface area contributed by atoms with E-state index in [0.717, 1.165) is 5.69 Å². The quantitative estimate of drug-likeness (QED) is 0.811. The Kier molecular flexibility index (Phi) is 5.05. The number of amides is 1. The normalized spacial score (nSPS) is 21.1. The second-order valence-electron chi connectivity index (χ2n) is 4.79. The molecule has 1 aliphatic rings. The number of ether oxygens (including phenoxy) is 1. The number of carbonyl (C=O) groups is 1. The van der Waals surface area contributed by atoms with Gasteiger partial charge in [-0.3, -0.25) is 9.69 Å². The second kappa shape index (κ2) is 6.78. The van der Waals surface area contributed by atoms with Crippen LogP contribution in [-0.2, 0) is 9.53 Å². The number of nitrogens with one attached hydrogen (secondary N) is 1. The number of nitrogens with zero attached hydrogens (tertiary/aromatic N) is 1. The van der Waals surface area contributed by atoms with Crippen molar-refractivity contribution in [1.82, 2.24) is 4.90 Å². The largest absolute Gasteiger partial charge is 0.391 e. The molecule has 1 aromatic rings. The van der Waals surface area contributed by atoms with E-state index in [1.165, 1.54) is 0 Å². The molecule has 0 aromatic heterocycles. The van der Waals surface area contributed by atoms with E-state index >= 15 is 0 Å². The summed E-state index contributed by atoms with van der Waals surface area (Å²) in [5.41, 5.74) is 6.40. The smallest absolute Gasteiger partial charge is 0.241 e. The van der Waals surface area contributed by atoms with Crippen LogP contribution in [0.5, 0.6) is 0 Å². The molecule has 6 heteroatoms. The molecule has 1 fully saturated rings. The first-order chi connectivity index (χ1) is 9.58. The molecular weight excluding hydrogens is 274 g/mol. The molecule has 1 heterocycles. The van der Waals surface area contributed by atoms with Crippen molar-refractivity contribution >= 4 is 28.8 Å². The summed E-state index contributed by atoms with van der Waals surface area (Å²) in [6, 6.07) is 9.16. The Morgan fingerprint density at radius 3 is 2.85 bits per heavy atom. The average molecular weight is 293 g/mol. The Morgan fingerprint density at radius 1 is 1.50 bits per heavy atom. The minimum atomic E-state index is -0.272. The number of anilines is 1. The zero-order valence-corrected chi connectivity index (χ0v) is 12.2. The fourth-order valence-corrected chi connectivity index (χ4v) is 2.27. The lowest BCUT2D eigenvalue weighted by Gasteiger charge is -2.35. The highest BCUT2D eigenvalue weighted by Crippen LogP contribution is 2.12. The van der Waals surface area contributed by atoms with Gasteiger partial charge in [0.25, 0.3) is 0 Å². The van der Waals surface area contributed by atoms with Crippen LogP contribution in [0.15, 0.2) is 30.3 Å². The van der Waals surface area contributed by atoms with Crippen molar-refractivity contribution in [3.8, 4) is 0 Å². The van der Waals surface area contributed by atoms with E-state index in [1.54, 1.807) is 0 Å². The molecule has 1 saturated heterocycles. The summed E-state index contributed by atoms with van der Waals surface area (Å²) in [6.45, 7) is 3.66. The van der Waals surface area contributed by atoms with Gasteiger partial charge in [-0.1, -0.05) is 30.4 Å². The van der Waals surface area contributed by atoms with Crippen molar-refractivity contribution in [3.05, 3.63) is 30.3 Å². The van der Waals surface area contributed by atoms with Crippen molar-refractivity contribution in [2.45, 2.75) is 19.1 Å². The Morgan fingerprint density at radius 2 is 2.20 bits per heavy atom. The molecule has 2 unspecified atom stereocenters. The summed E-state index contributed by atoms with van der Waals surface area (Å²) in [4.78, 5) is 14.6. The van der Waals surface area contributed by atoms with E-state index in [2.05, 4.69) is 5.32 Å². The van der Waals surface area contributed by atoms with Gasteiger partial charge in [-0.2, -0.15) is 0 Å². The third-order valence-electron chi connectivity index (χ3n) is 3.38. The monoisotopic (exact) mass is 293 g/mol. The van der Waals surface area contributed by atoms with Crippen molar-refractivity contribution in [3.63, 3.8) is 0 Å². The van der Waals surface area contributed by atoms with Gasteiger partial charge in [0.1, 0.15) is 11.1 Å². The van der Waals surface area contributed by atoms with Crippen LogP contribution in [0.1, 0.15) is 6.92 Å². The Labute approximate surface area is 124 Å². The molecule has 1 amide bonds. The van der Waals surface area contributed by atoms with Crippen molar-refractivity contribution in [2.24, 2.45) is 5.73 Å². The fraction of sp³-hybridized carbons (Fsp3) is 0.429. The number of hydrogen-bond acceptors (Lipinski definition) is 4. The number of carbonyl (C=O) groups excluding carboxylic acids is 1. The van der Waals surface area contributed by atoms with Gasteiger partial charge in [0.2, 0.25) is 5.91 Å². The van der Waals surface area contributed by atoms with Gasteiger partial charge < -0.3 is 15.8 Å². The number of morpholine rings is 1. The lowest BCUT2D eigenvalue weighted by atomic mass is 10.2. The molecule has 1 aromatic carbocycles. The lowest BCUT2D eigenvalue weighted by Crippen LogP contribution is -2.53. The molecule has 2 atom stereocenters. The predicted octanol–water partition coefficient (Wildman–Crippen LogP) is 1.00. The van der Waals surface area contributed by atoms with Gasteiger partial charge >= 0.3 is 0 Å². The van der Waals surface area contributed by atoms with Gasteiger partial charge in [0.15, 0.2) is 0 Å². The number of benzene rings is 1. The molecule has 0 radical (unpaired) electrons. The average Bonchev–Trinajstić information content (AvgIpc) is 2.47. The Balaban J connectivity index is 1.94. The zero-order valence-electron chi connectivity index (χ0n) is 11.4. The van der Waals surface area contributed by atoms with Crippen LogP contribution >= 0.6 is 12.2 Å². The van der Waals surface area contributed by atoms with Gasteiger partial charge in [-0.05, 0) is 19.1 Å². The van der Waals surface area contributed by atoms with Crippen LogP contribution in [0.2, 0.25) is 0 Å². The first-order valence-electron chi connectivity index (χ1n) is 6.59. The van der Waals surface area contributed by atoms with Crippen LogP contribution in [0.25, 0.3) is 0 Å². The fourth-order valence-electron chi connectivity index (χ4n) is 2.13. The van der Waals surface area contributed by atoms with Crippen molar-refractivity contribution < 1.29 is 9.53 Å². The number of rotatable bonds is 4. The van der Waals surface area contributed by atoms with Gasteiger partial charge in [-0.15, -0.1) is 0 Å². The van der Waals surface area contributed by atoms with E-state index < -0.39 is 0 Å². The molecule has 108 valence electrons. The van der Waals surface area contributed by atoms with Gasteiger partial charge in [0, 0.05) is 18.8 Å². The standard InChI is InChI=1S/C14H19N3O2S/c1-10(14(18)16-11-5-3-2-4-6-11)17-7-8-19-12(9-17)13(15)20/h2-6,10,12H,7-9H2,1H3,(H2,15,20)(H,16,18). The van der Waals surface area contributed by atoms with E-state index in [0.29, 0.717) is 24.7 Å². The van der Waals surface area contributed by atoms with Gasteiger partial charge in [-0.25, -0.2) is 0 Å². The van der Waals surface area contributed by atoms with E-state index in [9.17, 15) is 4.79 Å². The first kappa shape index (κ1) is 14.9. The van der Waals surface area contributed by atoms with E-state index in [-0.39, 0.29) is 18.1 Å². The molecule has 20 heavy (non-hydrogen) atoms. The maximum Gasteiger partial charge on any atom is 0.241 e. The van der Waals surface area contributed by atoms with Crippen LogP contribution in [0.3, 0.4) is 0 Å². The molecule has 0 aliphatic carbocycles. The minimum Gasteiger partial charge on any atom is -0.391 e. The summed E-state index contributed by atoms with van der Waals surface area (Å²) in [5.74, 6) is -0.0419. The minimum absolute atomic E-state index is 0.0419. The summed E-state index contributed by atoms with van der Waals surface area (Å²) in [5, 5.41) is 2.90. The Hall–Kier alpha value is -1.50. The maximum absolute atomic E-state index is 12.2. The van der Waals surface area contributed by atoms with E-state index in [4.69, 9.17) is 22.7 Å². The van der Waals surface area contributed by atoms with Gasteiger partial charge in [0.05, 0.1) is 12.6 Å². The SMILES string of the molecule is CC(C(=O)Nc1ccccc1)N1CCOC(C(N)=S)C1. The molecule has 5 nitrogen and oxygen atoms in total. The summed E-state index contributed by atoms with van der Waals surface area (Å²) in [7, 11) is 0. The van der Waals surface area contributed by atoms with Crippen LogP contribution in [-0.4, -0.2) is 47.6 Å². The molecule has 3 N–H and O–H groups in total. The van der Waals surface area contributed by atoms with E-state index in [1.807, 2.05) is 42.2 Å². The summed E-state index contributed by atoms with van der Waals surface area (Å²) in [6.07, 6.45) is -0.272. The first-order valence-corrected chi connectivity index (χ1v) is 6.99. The predicted molar refractivity (Wildman–Crippen MR) is 82.6 cm³/mol. The topological polar surface area (TPSA) is 67.6 Å². The molecule has 0 bridgehead atoms. The van der Waals surface area contributed by atoms with Crippen LogP contribution < -0.4 is 11.1 Å². The van der Waals surface area contributed by atoms with Crippen LogP contribution in [0.4, 0.5) is 5.69 Å².